The van der Waals surface area contributed by atoms with E-state index in [4.69, 9.17) is 21.0 Å². The van der Waals surface area contributed by atoms with Gasteiger partial charge >= 0.3 is 0 Å². The fraction of sp³-hybridized carbons (Fsp3) is 0.829. The number of terminal acetylenes is 1. The predicted molar refractivity (Wildman–Crippen MR) is 209 cm³/mol. The number of Topliss-reactive ketones (excluding diaryl/α,β-unsaturated/α-hetero) is 1. The van der Waals surface area contributed by atoms with Gasteiger partial charge in [-0.2, -0.15) is 15.3 Å². The first kappa shape index (κ1) is 50.4. The topological polar surface area (TPSA) is 83.7 Å². The monoisotopic (exact) mass is 678 g/mol. The lowest BCUT2D eigenvalue weighted by Crippen LogP contribution is -2.41. The van der Waals surface area contributed by atoms with E-state index in [1.54, 1.807) is 19.3 Å². The van der Waals surface area contributed by atoms with Crippen LogP contribution in [0, 0.1) is 59.2 Å². The molecule has 0 bridgehead atoms. The van der Waals surface area contributed by atoms with Crippen molar-refractivity contribution >= 4 is 18.2 Å². The standard InChI is InChI=1S/C23H46O.C15H23N3O2.C2H6.CH4O/c1-9-17(2)14-15-23(16-24-8)20(5)12-10-18(3)22(7)19(4)11-13-21(23)6;1-6-8-9-10-14(12-20-5)17-18(16-4)11-15(19)13(3)7-2;2*1-2/h17-22H,9-16H2,1-8H3;1,8-9,13H,4,7,10-12H2,2-3,5H3;1-2H3;2H,1H3/b;9-8-,17-14+;;. The van der Waals surface area contributed by atoms with Crippen molar-refractivity contribution in [3.05, 3.63) is 12.2 Å². The van der Waals surface area contributed by atoms with Gasteiger partial charge in [0.15, 0.2) is 5.78 Å². The van der Waals surface area contributed by atoms with Crippen LogP contribution < -0.4 is 0 Å². The Morgan fingerprint density at radius 3 is 1.96 bits per heavy atom. The second-order valence-corrected chi connectivity index (χ2v) is 13.8. The third-order valence-corrected chi connectivity index (χ3v) is 10.8. The molecular weight excluding hydrogens is 598 g/mol. The number of methoxy groups -OCH3 is 2. The van der Waals surface area contributed by atoms with E-state index in [-0.39, 0.29) is 18.2 Å². The zero-order valence-corrected chi connectivity index (χ0v) is 34.0. The molecular formula is C41H79N3O4. The zero-order chi connectivity index (χ0) is 37.7. The number of ether oxygens (including phenoxy) is 2. The Morgan fingerprint density at radius 1 is 1.00 bits per heavy atom. The van der Waals surface area contributed by atoms with Crippen LogP contribution in [0.1, 0.15) is 134 Å². The quantitative estimate of drug-likeness (QED) is 0.0999. The van der Waals surface area contributed by atoms with Gasteiger partial charge in [0.2, 0.25) is 0 Å². The minimum atomic E-state index is -0.0124. The largest absolute Gasteiger partial charge is 0.400 e. The van der Waals surface area contributed by atoms with Gasteiger partial charge in [-0.05, 0) is 72.7 Å². The number of hydrogen-bond donors (Lipinski definition) is 1. The van der Waals surface area contributed by atoms with E-state index < -0.39 is 0 Å². The summed E-state index contributed by atoms with van der Waals surface area (Å²) in [5, 5.41) is 16.3. The normalized spacial score (nSPS) is 25.8. The van der Waals surface area contributed by atoms with Crippen LogP contribution in [0.15, 0.2) is 22.4 Å². The van der Waals surface area contributed by atoms with E-state index in [0.29, 0.717) is 18.4 Å². The highest BCUT2D eigenvalue weighted by Crippen LogP contribution is 2.48. The summed E-state index contributed by atoms with van der Waals surface area (Å²) >= 11 is 0. The van der Waals surface area contributed by atoms with Crippen molar-refractivity contribution in [2.24, 2.45) is 57.0 Å². The Hall–Kier alpha value is -2.01. The maximum Gasteiger partial charge on any atom is 0.158 e. The van der Waals surface area contributed by atoms with E-state index >= 15 is 0 Å². The zero-order valence-electron chi connectivity index (χ0n) is 34.0. The SMILES string of the molecule is C#C/C=C\C/C(COC)=N\N(CC(=O)C(C)CC)N=C.CC.CCC(C)CCC1(COC)C(C)CCC(C)C(C)C(C)CCC1C.CO. The molecule has 0 heterocycles. The lowest BCUT2D eigenvalue weighted by Gasteiger charge is -2.46. The van der Waals surface area contributed by atoms with E-state index in [9.17, 15) is 4.79 Å². The Labute approximate surface area is 298 Å². The molecule has 1 N–H and O–H groups in total. The number of allylic oxidation sites excluding steroid dienone is 2. The minimum absolute atomic E-state index is 0.0124. The lowest BCUT2D eigenvalue weighted by molar-refractivity contribution is -0.123. The first-order valence-electron chi connectivity index (χ1n) is 18.7. The molecule has 7 heteroatoms. The Balaban J connectivity index is -0.000000775. The predicted octanol–water partition coefficient (Wildman–Crippen LogP) is 9.94. The van der Waals surface area contributed by atoms with Gasteiger partial charge in [-0.3, -0.25) is 4.79 Å². The average molecular weight is 678 g/mol. The van der Waals surface area contributed by atoms with Gasteiger partial charge in [-0.1, -0.05) is 114 Å². The smallest absolute Gasteiger partial charge is 0.158 e. The lowest BCUT2D eigenvalue weighted by atomic mass is 9.60. The van der Waals surface area contributed by atoms with Crippen LogP contribution in [0.25, 0.3) is 0 Å². The van der Waals surface area contributed by atoms with E-state index in [0.717, 1.165) is 61.4 Å². The number of hydrazone groups is 2. The van der Waals surface area contributed by atoms with Crippen LogP contribution in [0.3, 0.4) is 0 Å². The number of carbonyl (C=O) groups is 1. The molecule has 7 nitrogen and oxygen atoms in total. The molecule has 0 aromatic heterocycles. The third-order valence-electron chi connectivity index (χ3n) is 10.8. The van der Waals surface area contributed by atoms with Crippen LogP contribution in [0.5, 0.6) is 0 Å². The molecule has 0 aliphatic heterocycles. The number of rotatable bonds is 16. The summed E-state index contributed by atoms with van der Waals surface area (Å²) < 4.78 is 10.9. The number of aliphatic hydroxyl groups is 1. The maximum absolute atomic E-state index is 11.9. The molecule has 282 valence electrons. The van der Waals surface area contributed by atoms with Crippen molar-refractivity contribution in [2.45, 2.75) is 134 Å². The second-order valence-electron chi connectivity index (χ2n) is 13.8. The van der Waals surface area contributed by atoms with Gasteiger partial charge in [0, 0.05) is 40.4 Å². The first-order valence-corrected chi connectivity index (χ1v) is 18.7. The van der Waals surface area contributed by atoms with Crippen molar-refractivity contribution in [3.63, 3.8) is 0 Å². The molecule has 0 radical (unpaired) electrons. The highest BCUT2D eigenvalue weighted by atomic mass is 16.5. The first-order chi connectivity index (χ1) is 22.9. The summed E-state index contributed by atoms with van der Waals surface area (Å²) in [5.74, 6) is 7.41. The molecule has 1 aliphatic carbocycles. The van der Waals surface area contributed by atoms with Gasteiger partial charge < -0.3 is 14.6 Å². The molecule has 1 rings (SSSR count). The summed E-state index contributed by atoms with van der Waals surface area (Å²) in [6.45, 7) is 29.9. The van der Waals surface area contributed by atoms with Crippen molar-refractivity contribution in [1.82, 2.24) is 5.12 Å². The molecule has 0 amide bonds. The molecule has 0 spiro atoms. The Kier molecular flexibility index (Phi) is 32.5. The van der Waals surface area contributed by atoms with Crippen molar-refractivity contribution in [3.8, 4) is 12.3 Å². The van der Waals surface area contributed by atoms with Crippen LogP contribution in [-0.2, 0) is 14.3 Å². The average Bonchev–Trinajstić information content (AvgIpc) is 3.11. The fourth-order valence-electron chi connectivity index (χ4n) is 6.37. The van der Waals surface area contributed by atoms with E-state index in [1.807, 2.05) is 34.8 Å². The fourth-order valence-corrected chi connectivity index (χ4v) is 6.37. The highest BCUT2D eigenvalue weighted by molar-refractivity contribution is 5.87. The number of hydrogen-bond acceptors (Lipinski definition) is 7. The summed E-state index contributed by atoms with van der Waals surface area (Å²) in [4.78, 5) is 11.9. The Bertz CT molecular complexity index is 877. The van der Waals surface area contributed by atoms with Crippen molar-refractivity contribution < 1.29 is 19.4 Å². The minimum Gasteiger partial charge on any atom is -0.400 e. The van der Waals surface area contributed by atoms with Crippen LogP contribution >= 0.6 is 0 Å². The number of carbonyl (C=O) groups excluding carboxylic acids is 1. The maximum atomic E-state index is 11.9. The van der Waals surface area contributed by atoms with E-state index in [2.05, 4.69) is 71.3 Å². The Morgan fingerprint density at radius 2 is 1.54 bits per heavy atom. The molecule has 6 unspecified atom stereocenters. The van der Waals surface area contributed by atoms with Crippen LogP contribution in [-0.4, -0.2) is 69.5 Å². The highest BCUT2D eigenvalue weighted by Gasteiger charge is 2.42. The number of nitrogens with zero attached hydrogens (tertiary/aromatic N) is 3. The van der Waals surface area contributed by atoms with Gasteiger partial charge in [-0.25, -0.2) is 0 Å². The van der Waals surface area contributed by atoms with Gasteiger partial charge in [-0.15, -0.1) is 6.42 Å². The number of aliphatic hydroxyl groups excluding tert-OH is 1. The molecule has 1 aliphatic rings. The molecule has 0 saturated heterocycles. The molecule has 0 aromatic rings. The summed E-state index contributed by atoms with van der Waals surface area (Å²) in [5.41, 5.74) is 1.10. The van der Waals surface area contributed by atoms with Crippen LogP contribution in [0.2, 0.25) is 0 Å². The van der Waals surface area contributed by atoms with Crippen molar-refractivity contribution in [2.75, 3.05) is 41.1 Å². The summed E-state index contributed by atoms with van der Waals surface area (Å²) in [7, 11) is 4.49. The number of ketones is 1. The van der Waals surface area contributed by atoms with Gasteiger partial charge in [0.05, 0.1) is 18.9 Å². The molecule has 1 fully saturated rings. The molecule has 48 heavy (non-hydrogen) atoms. The molecule has 0 aromatic carbocycles. The third kappa shape index (κ3) is 19.9. The molecule has 1 saturated carbocycles. The van der Waals surface area contributed by atoms with Gasteiger partial charge in [0.25, 0.3) is 0 Å². The van der Waals surface area contributed by atoms with E-state index in [1.165, 1.54) is 50.1 Å². The summed E-state index contributed by atoms with van der Waals surface area (Å²) in [6, 6.07) is 0. The summed E-state index contributed by atoms with van der Waals surface area (Å²) in [6.07, 6.45) is 19.4. The van der Waals surface area contributed by atoms with Gasteiger partial charge in [0.1, 0.15) is 6.54 Å². The van der Waals surface area contributed by atoms with Crippen molar-refractivity contribution in [1.29, 1.82) is 0 Å². The van der Waals surface area contributed by atoms with Crippen LogP contribution in [0.4, 0.5) is 0 Å². The molecule has 6 atom stereocenters. The second kappa shape index (κ2) is 31.0.